The molecule has 38 heavy (non-hydrogen) atoms. The van der Waals surface area contributed by atoms with Crippen LogP contribution in [0, 0.1) is 10.5 Å². The number of rotatable bonds is 10. The molecule has 1 fully saturated rings. The van der Waals surface area contributed by atoms with Gasteiger partial charge in [0.2, 0.25) is 0 Å². The molecule has 10 heteroatoms. The smallest absolute Gasteiger partial charge is 0.293 e. The number of carbonyl (C=O) groups is 2. The van der Waals surface area contributed by atoms with E-state index in [-0.39, 0.29) is 30.9 Å². The first kappa shape index (κ1) is 28.6. The molecule has 1 aliphatic heterocycles. The quantitative estimate of drug-likeness (QED) is 0.159. The zero-order chi connectivity index (χ0) is 27.2. The zero-order valence-electron chi connectivity index (χ0n) is 20.6. The minimum Gasteiger partial charge on any atom is -0.492 e. The molecule has 0 saturated carbocycles. The third-order valence-corrected chi connectivity index (χ3v) is 7.79. The second-order valence-electron chi connectivity index (χ2n) is 8.28. The van der Waals surface area contributed by atoms with Gasteiger partial charge in [-0.1, -0.05) is 47.0 Å². The highest BCUT2D eigenvalue weighted by Gasteiger charge is 2.35. The fourth-order valence-corrected chi connectivity index (χ4v) is 5.71. The molecule has 1 aliphatic rings. The van der Waals surface area contributed by atoms with Crippen LogP contribution in [0.25, 0.3) is 6.08 Å². The van der Waals surface area contributed by atoms with E-state index in [2.05, 4.69) is 22.6 Å². The lowest BCUT2D eigenvalue weighted by atomic mass is 10.1. The van der Waals surface area contributed by atoms with Crippen molar-refractivity contribution in [2.45, 2.75) is 20.5 Å². The van der Waals surface area contributed by atoms with Crippen LogP contribution in [0.5, 0.6) is 17.2 Å². The SMILES string of the molecule is CCOc1cc(/C=C2\SC(=O)N(CCOc3ccc(C)cc3)C2=O)cc(I)c1OCc1ccc(Cl)cc1Cl. The maximum atomic E-state index is 13.0. The van der Waals surface area contributed by atoms with Crippen molar-refractivity contribution in [3.63, 3.8) is 0 Å². The Balaban J connectivity index is 1.46. The lowest BCUT2D eigenvalue weighted by molar-refractivity contribution is -0.123. The standard InChI is InChI=1S/C28H24Cl2INO5S/c1-3-35-24-13-18(12-23(31)26(24)37-16-19-6-7-20(29)15-22(19)30)14-25-27(33)32(28(34)38-25)10-11-36-21-8-4-17(2)5-9-21/h4-9,12-15H,3,10-11,16H2,1-2H3/b25-14-. The molecule has 3 aromatic carbocycles. The Morgan fingerprint density at radius 2 is 1.76 bits per heavy atom. The van der Waals surface area contributed by atoms with Gasteiger partial charge in [0.1, 0.15) is 19.0 Å². The van der Waals surface area contributed by atoms with E-state index in [1.54, 1.807) is 24.3 Å². The van der Waals surface area contributed by atoms with E-state index in [9.17, 15) is 9.59 Å². The van der Waals surface area contributed by atoms with E-state index in [0.29, 0.717) is 38.8 Å². The fraction of sp³-hybridized carbons (Fsp3) is 0.214. The number of amides is 2. The summed E-state index contributed by atoms with van der Waals surface area (Å²) in [6.45, 7) is 4.91. The molecule has 1 saturated heterocycles. The van der Waals surface area contributed by atoms with Crippen molar-refractivity contribution in [3.05, 3.63) is 89.8 Å². The van der Waals surface area contributed by atoms with Crippen molar-refractivity contribution < 1.29 is 23.8 Å². The van der Waals surface area contributed by atoms with E-state index in [0.717, 1.165) is 32.0 Å². The molecular formula is C28H24Cl2INO5S. The van der Waals surface area contributed by atoms with Crippen LogP contribution in [0.2, 0.25) is 10.0 Å². The molecule has 2 amide bonds. The number of hydrogen-bond donors (Lipinski definition) is 0. The second kappa shape index (κ2) is 13.1. The monoisotopic (exact) mass is 683 g/mol. The summed E-state index contributed by atoms with van der Waals surface area (Å²) < 4.78 is 18.4. The van der Waals surface area contributed by atoms with E-state index in [1.165, 1.54) is 4.90 Å². The number of aryl methyl sites for hydroxylation is 1. The molecule has 0 aromatic heterocycles. The Bertz CT molecular complexity index is 1380. The summed E-state index contributed by atoms with van der Waals surface area (Å²) in [5.74, 6) is 1.44. The van der Waals surface area contributed by atoms with Gasteiger partial charge < -0.3 is 14.2 Å². The third-order valence-electron chi connectivity index (χ3n) is 5.49. The van der Waals surface area contributed by atoms with Gasteiger partial charge in [-0.05, 0) is 96.2 Å². The van der Waals surface area contributed by atoms with Gasteiger partial charge in [-0.25, -0.2) is 0 Å². The minimum atomic E-state index is -0.349. The highest BCUT2D eigenvalue weighted by Crippen LogP contribution is 2.38. The summed E-state index contributed by atoms with van der Waals surface area (Å²) in [4.78, 5) is 27.0. The number of hydrogen-bond acceptors (Lipinski definition) is 6. The molecule has 0 radical (unpaired) electrons. The Morgan fingerprint density at radius 1 is 1.00 bits per heavy atom. The second-order valence-corrected chi connectivity index (χ2v) is 11.3. The lowest BCUT2D eigenvalue weighted by Gasteiger charge is -2.15. The van der Waals surface area contributed by atoms with Crippen LogP contribution in [0.15, 0.2) is 59.5 Å². The van der Waals surface area contributed by atoms with Crippen molar-refractivity contribution in [2.24, 2.45) is 0 Å². The maximum absolute atomic E-state index is 13.0. The summed E-state index contributed by atoms with van der Waals surface area (Å²) in [7, 11) is 0. The molecule has 0 aliphatic carbocycles. The van der Waals surface area contributed by atoms with Crippen molar-refractivity contribution in [2.75, 3.05) is 19.8 Å². The number of carbonyl (C=O) groups excluding carboxylic acids is 2. The number of nitrogens with zero attached hydrogens (tertiary/aromatic N) is 1. The minimum absolute atomic E-state index is 0.164. The highest BCUT2D eigenvalue weighted by molar-refractivity contribution is 14.1. The van der Waals surface area contributed by atoms with Gasteiger partial charge in [0, 0.05) is 15.6 Å². The average molecular weight is 684 g/mol. The molecule has 0 spiro atoms. The largest absolute Gasteiger partial charge is 0.492 e. The highest BCUT2D eigenvalue weighted by atomic mass is 127. The van der Waals surface area contributed by atoms with Gasteiger partial charge >= 0.3 is 0 Å². The van der Waals surface area contributed by atoms with Crippen LogP contribution in [-0.2, 0) is 11.4 Å². The van der Waals surface area contributed by atoms with Crippen LogP contribution in [0.4, 0.5) is 4.79 Å². The Kier molecular flexibility index (Phi) is 9.86. The first-order valence-corrected chi connectivity index (χ1v) is 14.4. The van der Waals surface area contributed by atoms with Crippen molar-refractivity contribution in [1.29, 1.82) is 0 Å². The van der Waals surface area contributed by atoms with Gasteiger partial charge in [0.05, 0.1) is 21.6 Å². The third kappa shape index (κ3) is 7.16. The normalized spacial score (nSPS) is 14.3. The van der Waals surface area contributed by atoms with E-state index in [4.69, 9.17) is 37.4 Å². The van der Waals surface area contributed by atoms with Gasteiger partial charge in [-0.15, -0.1) is 0 Å². The predicted molar refractivity (Wildman–Crippen MR) is 160 cm³/mol. The molecule has 0 atom stereocenters. The average Bonchev–Trinajstić information content (AvgIpc) is 3.13. The Morgan fingerprint density at radius 3 is 2.47 bits per heavy atom. The van der Waals surface area contributed by atoms with Crippen molar-refractivity contribution >= 4 is 74.8 Å². The molecule has 4 rings (SSSR count). The Hall–Kier alpha value is -2.40. The molecular weight excluding hydrogens is 660 g/mol. The van der Waals surface area contributed by atoms with Crippen LogP contribution in [-0.4, -0.2) is 35.8 Å². The predicted octanol–water partition coefficient (Wildman–Crippen LogP) is 8.00. The molecule has 3 aromatic rings. The molecule has 6 nitrogen and oxygen atoms in total. The van der Waals surface area contributed by atoms with Gasteiger partial charge in [0.15, 0.2) is 11.5 Å². The summed E-state index contributed by atoms with van der Waals surface area (Å²) in [6, 6.07) is 16.5. The summed E-state index contributed by atoms with van der Waals surface area (Å²) in [6.07, 6.45) is 1.69. The summed E-state index contributed by atoms with van der Waals surface area (Å²) >= 11 is 15.3. The molecule has 0 unspecified atom stereocenters. The van der Waals surface area contributed by atoms with Gasteiger partial charge in [0.25, 0.3) is 11.1 Å². The van der Waals surface area contributed by atoms with E-state index < -0.39 is 0 Å². The number of imide groups is 1. The molecule has 0 N–H and O–H groups in total. The maximum Gasteiger partial charge on any atom is 0.293 e. The van der Waals surface area contributed by atoms with E-state index >= 15 is 0 Å². The van der Waals surface area contributed by atoms with E-state index in [1.807, 2.05) is 50.2 Å². The molecule has 0 bridgehead atoms. The number of ether oxygens (including phenoxy) is 3. The van der Waals surface area contributed by atoms with Crippen LogP contribution in [0.1, 0.15) is 23.6 Å². The number of benzene rings is 3. The zero-order valence-corrected chi connectivity index (χ0v) is 25.1. The van der Waals surface area contributed by atoms with Gasteiger partial charge in [-0.3, -0.25) is 14.5 Å². The molecule has 198 valence electrons. The first-order chi connectivity index (χ1) is 18.2. The Labute approximate surface area is 249 Å². The van der Waals surface area contributed by atoms with Crippen molar-refractivity contribution in [1.82, 2.24) is 4.90 Å². The topological polar surface area (TPSA) is 65.1 Å². The van der Waals surface area contributed by atoms with Crippen LogP contribution >= 0.6 is 57.6 Å². The number of halogens is 3. The summed E-state index contributed by atoms with van der Waals surface area (Å²) in [5.41, 5.74) is 2.63. The first-order valence-electron chi connectivity index (χ1n) is 11.7. The van der Waals surface area contributed by atoms with Gasteiger partial charge in [-0.2, -0.15) is 0 Å². The van der Waals surface area contributed by atoms with Crippen LogP contribution < -0.4 is 14.2 Å². The summed E-state index contributed by atoms with van der Waals surface area (Å²) in [5, 5.41) is 0.742. The van der Waals surface area contributed by atoms with Crippen molar-refractivity contribution in [3.8, 4) is 17.2 Å². The van der Waals surface area contributed by atoms with Crippen LogP contribution in [0.3, 0.4) is 0 Å². The number of thioether (sulfide) groups is 1. The fourth-order valence-electron chi connectivity index (χ4n) is 3.60. The molecule has 1 heterocycles. The lowest BCUT2D eigenvalue weighted by Crippen LogP contribution is -2.32.